The van der Waals surface area contributed by atoms with E-state index in [1.54, 1.807) is 0 Å². The minimum Gasteiger partial charge on any atom is -0.394 e. The molecular formula is C9H13NO2. The summed E-state index contributed by atoms with van der Waals surface area (Å²) in [6.07, 6.45) is 0. The number of benzene rings is 1. The van der Waals surface area contributed by atoms with Crippen molar-refractivity contribution in [2.45, 2.75) is 6.04 Å². The third-order valence-electron chi connectivity index (χ3n) is 1.59. The highest BCUT2D eigenvalue weighted by Crippen LogP contribution is 2.06. The van der Waals surface area contributed by atoms with E-state index in [2.05, 4.69) is 5.32 Å². The number of aliphatic hydroxyl groups is 2. The van der Waals surface area contributed by atoms with E-state index in [0.29, 0.717) is 0 Å². The summed E-state index contributed by atoms with van der Waals surface area (Å²) in [5, 5.41) is 20.5. The quantitative estimate of drug-likeness (QED) is 0.610. The standard InChI is InChI=1S/C9H13NO2/c11-6-9(7-12)10-8-4-2-1-3-5-8/h1-5,9-12H,6-7H2. The lowest BCUT2D eigenvalue weighted by atomic mass is 10.2. The highest BCUT2D eigenvalue weighted by atomic mass is 16.3. The molecule has 0 amide bonds. The Bertz CT molecular complexity index is 209. The molecule has 0 heterocycles. The van der Waals surface area contributed by atoms with Crippen molar-refractivity contribution in [3.8, 4) is 0 Å². The number of anilines is 1. The van der Waals surface area contributed by atoms with E-state index in [9.17, 15) is 0 Å². The van der Waals surface area contributed by atoms with Crippen LogP contribution in [0.2, 0.25) is 0 Å². The SMILES string of the molecule is OCC(CO)Nc1ccccc1. The molecule has 12 heavy (non-hydrogen) atoms. The van der Waals surface area contributed by atoms with Crippen molar-refractivity contribution in [2.75, 3.05) is 18.5 Å². The van der Waals surface area contributed by atoms with Gasteiger partial charge in [0, 0.05) is 5.69 Å². The Labute approximate surface area is 71.7 Å². The Morgan fingerprint density at radius 3 is 2.17 bits per heavy atom. The van der Waals surface area contributed by atoms with Crippen molar-refractivity contribution in [1.29, 1.82) is 0 Å². The Balaban J connectivity index is 2.51. The maximum atomic E-state index is 8.76. The summed E-state index contributed by atoms with van der Waals surface area (Å²) >= 11 is 0. The molecule has 0 radical (unpaired) electrons. The smallest absolute Gasteiger partial charge is 0.0723 e. The second kappa shape index (κ2) is 4.74. The van der Waals surface area contributed by atoms with Gasteiger partial charge >= 0.3 is 0 Å². The lowest BCUT2D eigenvalue weighted by Crippen LogP contribution is -2.27. The maximum absolute atomic E-state index is 8.76. The largest absolute Gasteiger partial charge is 0.394 e. The van der Waals surface area contributed by atoms with Crippen LogP contribution in [0.15, 0.2) is 30.3 Å². The molecule has 0 aliphatic carbocycles. The van der Waals surface area contributed by atoms with E-state index in [0.717, 1.165) is 5.69 Å². The van der Waals surface area contributed by atoms with E-state index in [1.807, 2.05) is 30.3 Å². The monoisotopic (exact) mass is 167 g/mol. The molecule has 0 fully saturated rings. The van der Waals surface area contributed by atoms with Crippen LogP contribution in [0.5, 0.6) is 0 Å². The molecule has 0 atom stereocenters. The van der Waals surface area contributed by atoms with Gasteiger partial charge in [-0.3, -0.25) is 0 Å². The van der Waals surface area contributed by atoms with Gasteiger partial charge in [0.25, 0.3) is 0 Å². The highest BCUT2D eigenvalue weighted by molar-refractivity contribution is 5.43. The zero-order valence-corrected chi connectivity index (χ0v) is 6.77. The number of nitrogens with one attached hydrogen (secondary N) is 1. The first-order valence-corrected chi connectivity index (χ1v) is 3.90. The van der Waals surface area contributed by atoms with Crippen LogP contribution in [0.4, 0.5) is 5.69 Å². The van der Waals surface area contributed by atoms with Crippen molar-refractivity contribution in [3.05, 3.63) is 30.3 Å². The zero-order chi connectivity index (χ0) is 8.81. The van der Waals surface area contributed by atoms with Gasteiger partial charge in [-0.1, -0.05) is 18.2 Å². The molecule has 1 rings (SSSR count). The summed E-state index contributed by atoms with van der Waals surface area (Å²) in [5.41, 5.74) is 0.908. The summed E-state index contributed by atoms with van der Waals surface area (Å²) < 4.78 is 0. The van der Waals surface area contributed by atoms with E-state index in [1.165, 1.54) is 0 Å². The van der Waals surface area contributed by atoms with Gasteiger partial charge in [0.2, 0.25) is 0 Å². The van der Waals surface area contributed by atoms with Gasteiger partial charge in [-0.25, -0.2) is 0 Å². The van der Waals surface area contributed by atoms with E-state index < -0.39 is 0 Å². The molecule has 3 nitrogen and oxygen atoms in total. The van der Waals surface area contributed by atoms with Crippen LogP contribution >= 0.6 is 0 Å². The summed E-state index contributed by atoms with van der Waals surface area (Å²) in [6, 6.07) is 9.21. The van der Waals surface area contributed by atoms with Gasteiger partial charge in [0.15, 0.2) is 0 Å². The first-order valence-electron chi connectivity index (χ1n) is 3.90. The summed E-state index contributed by atoms with van der Waals surface area (Å²) in [6.45, 7) is -0.128. The molecule has 0 spiro atoms. The van der Waals surface area contributed by atoms with Crippen LogP contribution in [0.3, 0.4) is 0 Å². The fourth-order valence-electron chi connectivity index (χ4n) is 0.919. The van der Waals surface area contributed by atoms with Gasteiger partial charge in [0.05, 0.1) is 19.3 Å². The van der Waals surface area contributed by atoms with E-state index in [4.69, 9.17) is 10.2 Å². The van der Waals surface area contributed by atoms with Gasteiger partial charge < -0.3 is 15.5 Å². The maximum Gasteiger partial charge on any atom is 0.0723 e. The molecule has 0 saturated carbocycles. The van der Waals surface area contributed by atoms with Crippen LogP contribution in [-0.2, 0) is 0 Å². The second-order valence-corrected chi connectivity index (χ2v) is 2.57. The fourth-order valence-corrected chi connectivity index (χ4v) is 0.919. The topological polar surface area (TPSA) is 52.5 Å². The molecule has 0 aliphatic heterocycles. The molecule has 1 aromatic rings. The number of para-hydroxylation sites is 1. The predicted molar refractivity (Wildman–Crippen MR) is 48.0 cm³/mol. The molecule has 0 aliphatic rings. The third-order valence-corrected chi connectivity index (χ3v) is 1.59. The van der Waals surface area contributed by atoms with Crippen LogP contribution in [0, 0.1) is 0 Å². The predicted octanol–water partition coefficient (Wildman–Crippen LogP) is 0.452. The van der Waals surface area contributed by atoms with Crippen LogP contribution < -0.4 is 5.32 Å². The summed E-state index contributed by atoms with van der Waals surface area (Å²) in [7, 11) is 0. The molecular weight excluding hydrogens is 154 g/mol. The molecule has 1 aromatic carbocycles. The molecule has 0 bridgehead atoms. The lowest BCUT2D eigenvalue weighted by molar-refractivity contribution is 0.204. The molecule has 66 valence electrons. The van der Waals surface area contributed by atoms with Gasteiger partial charge in [-0.05, 0) is 12.1 Å². The Morgan fingerprint density at radius 1 is 1.08 bits per heavy atom. The van der Waals surface area contributed by atoms with Crippen LogP contribution in [-0.4, -0.2) is 29.5 Å². The first kappa shape index (κ1) is 9.03. The first-order chi connectivity index (χ1) is 5.86. The minimum absolute atomic E-state index is 0.0641. The van der Waals surface area contributed by atoms with Gasteiger partial charge in [-0.2, -0.15) is 0 Å². The summed E-state index contributed by atoms with van der Waals surface area (Å²) in [5.74, 6) is 0. The normalized spacial score (nSPS) is 10.2. The number of hydrogen-bond acceptors (Lipinski definition) is 3. The van der Waals surface area contributed by atoms with Crippen LogP contribution in [0.25, 0.3) is 0 Å². The fraction of sp³-hybridized carbons (Fsp3) is 0.333. The molecule has 0 aromatic heterocycles. The van der Waals surface area contributed by atoms with E-state index in [-0.39, 0.29) is 19.3 Å². The Morgan fingerprint density at radius 2 is 1.67 bits per heavy atom. The van der Waals surface area contributed by atoms with Gasteiger partial charge in [-0.15, -0.1) is 0 Å². The van der Waals surface area contributed by atoms with Crippen molar-refractivity contribution >= 4 is 5.69 Å². The van der Waals surface area contributed by atoms with Crippen molar-refractivity contribution in [2.24, 2.45) is 0 Å². The number of hydrogen-bond donors (Lipinski definition) is 3. The van der Waals surface area contributed by atoms with Crippen molar-refractivity contribution in [1.82, 2.24) is 0 Å². The summed E-state index contributed by atoms with van der Waals surface area (Å²) in [4.78, 5) is 0. The highest BCUT2D eigenvalue weighted by Gasteiger charge is 2.03. The average Bonchev–Trinajstić information content (AvgIpc) is 2.16. The molecule has 0 saturated heterocycles. The zero-order valence-electron chi connectivity index (χ0n) is 6.77. The Kier molecular flexibility index (Phi) is 3.57. The molecule has 0 unspecified atom stereocenters. The van der Waals surface area contributed by atoms with Crippen molar-refractivity contribution < 1.29 is 10.2 Å². The van der Waals surface area contributed by atoms with Gasteiger partial charge in [0.1, 0.15) is 0 Å². The lowest BCUT2D eigenvalue weighted by Gasteiger charge is -2.14. The third kappa shape index (κ3) is 2.53. The minimum atomic E-state index is -0.271. The average molecular weight is 167 g/mol. The number of rotatable bonds is 4. The Hall–Kier alpha value is -1.06. The number of aliphatic hydroxyl groups excluding tert-OH is 2. The van der Waals surface area contributed by atoms with Crippen molar-refractivity contribution in [3.63, 3.8) is 0 Å². The molecule has 3 heteroatoms. The molecule has 3 N–H and O–H groups in total. The van der Waals surface area contributed by atoms with E-state index >= 15 is 0 Å². The second-order valence-electron chi connectivity index (χ2n) is 2.57. The van der Waals surface area contributed by atoms with Crippen LogP contribution in [0.1, 0.15) is 0 Å².